The molecule has 2 N–H and O–H groups in total. The maximum absolute atomic E-state index is 11.9. The Kier molecular flexibility index (Phi) is 8.02. The summed E-state index contributed by atoms with van der Waals surface area (Å²) < 4.78 is 32.8. The Hall–Kier alpha value is -1.40. The summed E-state index contributed by atoms with van der Waals surface area (Å²) in [5, 5.41) is 0. The molecule has 0 saturated carbocycles. The fourth-order valence-corrected chi connectivity index (χ4v) is 1.41. The Morgan fingerprint density at radius 1 is 1.32 bits per heavy atom. The lowest BCUT2D eigenvalue weighted by Gasteiger charge is -2.12. The quantitative estimate of drug-likeness (QED) is 0.820. The van der Waals surface area contributed by atoms with Gasteiger partial charge in [-0.2, -0.15) is 8.78 Å². The number of ether oxygens (including phenoxy) is 2. The zero-order chi connectivity index (χ0) is 13.5. The Morgan fingerprint density at radius 3 is 2.37 bits per heavy atom. The number of rotatable bonds is 6. The zero-order valence-electron chi connectivity index (χ0n) is 10.3. The molecule has 0 radical (unpaired) electrons. The molecule has 1 aromatic carbocycles. The van der Waals surface area contributed by atoms with Crippen LogP contribution in [0.5, 0.6) is 5.75 Å². The van der Waals surface area contributed by atoms with Crippen LogP contribution in [0.3, 0.4) is 0 Å². The molecule has 19 heavy (non-hydrogen) atoms. The van der Waals surface area contributed by atoms with Gasteiger partial charge in [-0.1, -0.05) is 12.1 Å². The lowest BCUT2D eigenvalue weighted by atomic mass is 10.0. The molecule has 0 fully saturated rings. The topological polar surface area (TPSA) is 61.5 Å². The third kappa shape index (κ3) is 6.35. The lowest BCUT2D eigenvalue weighted by Crippen LogP contribution is -2.17. The molecule has 4 nitrogen and oxygen atoms in total. The molecule has 1 atom stereocenters. The minimum Gasteiger partial charge on any atom is -0.466 e. The van der Waals surface area contributed by atoms with Crippen LogP contribution in [-0.4, -0.2) is 19.2 Å². The molecule has 0 saturated heterocycles. The molecule has 0 amide bonds. The number of carbonyl (C=O) groups excluding carboxylic acids is 1. The van der Waals surface area contributed by atoms with E-state index in [1.54, 1.807) is 19.1 Å². The third-order valence-electron chi connectivity index (χ3n) is 2.23. The van der Waals surface area contributed by atoms with Crippen LogP contribution in [0.4, 0.5) is 8.78 Å². The summed E-state index contributed by atoms with van der Waals surface area (Å²) in [6, 6.07) is 5.33. The van der Waals surface area contributed by atoms with Crippen molar-refractivity contribution in [3.8, 4) is 5.75 Å². The second kappa shape index (κ2) is 8.66. The van der Waals surface area contributed by atoms with Crippen molar-refractivity contribution in [2.75, 3.05) is 6.61 Å². The maximum Gasteiger partial charge on any atom is 0.387 e. The summed E-state index contributed by atoms with van der Waals surface area (Å²) in [5.41, 5.74) is 6.44. The lowest BCUT2D eigenvalue weighted by molar-refractivity contribution is -0.143. The molecular formula is C12H16ClF2NO3. The third-order valence-corrected chi connectivity index (χ3v) is 2.23. The van der Waals surface area contributed by atoms with Crippen LogP contribution in [0, 0.1) is 0 Å². The summed E-state index contributed by atoms with van der Waals surface area (Å²) >= 11 is 0. The van der Waals surface area contributed by atoms with Gasteiger partial charge in [0.15, 0.2) is 0 Å². The summed E-state index contributed by atoms with van der Waals surface area (Å²) in [7, 11) is 0. The van der Waals surface area contributed by atoms with Crippen LogP contribution >= 0.6 is 12.4 Å². The first-order valence-corrected chi connectivity index (χ1v) is 5.49. The number of carbonyl (C=O) groups is 1. The monoisotopic (exact) mass is 295 g/mol. The minimum atomic E-state index is -2.86. The van der Waals surface area contributed by atoms with Gasteiger partial charge in [0.2, 0.25) is 0 Å². The molecular weight excluding hydrogens is 280 g/mol. The summed E-state index contributed by atoms with van der Waals surface area (Å²) in [6.07, 6.45) is 0.0445. The summed E-state index contributed by atoms with van der Waals surface area (Å²) in [5.74, 6) is -0.338. The van der Waals surface area contributed by atoms with Crippen molar-refractivity contribution in [3.05, 3.63) is 29.8 Å². The molecule has 0 aliphatic carbocycles. The van der Waals surface area contributed by atoms with Gasteiger partial charge in [0.1, 0.15) is 5.75 Å². The number of hydrogen-bond acceptors (Lipinski definition) is 4. The number of esters is 1. The molecule has 1 aromatic rings. The normalized spacial score (nSPS) is 11.6. The molecule has 0 bridgehead atoms. The highest BCUT2D eigenvalue weighted by Crippen LogP contribution is 2.20. The van der Waals surface area contributed by atoms with E-state index < -0.39 is 18.6 Å². The number of benzene rings is 1. The smallest absolute Gasteiger partial charge is 0.387 e. The van der Waals surface area contributed by atoms with E-state index >= 15 is 0 Å². The first kappa shape index (κ1) is 17.6. The van der Waals surface area contributed by atoms with E-state index in [1.165, 1.54) is 12.1 Å². The van der Waals surface area contributed by atoms with Gasteiger partial charge in [-0.25, -0.2) is 0 Å². The first-order chi connectivity index (χ1) is 8.52. The fourth-order valence-electron chi connectivity index (χ4n) is 1.41. The van der Waals surface area contributed by atoms with Crippen LogP contribution < -0.4 is 10.5 Å². The van der Waals surface area contributed by atoms with Crippen molar-refractivity contribution in [2.24, 2.45) is 5.73 Å². The molecule has 7 heteroatoms. The van der Waals surface area contributed by atoms with Crippen LogP contribution in [0.15, 0.2) is 24.3 Å². The Bertz CT molecular complexity index is 387. The fraction of sp³-hybridized carbons (Fsp3) is 0.417. The zero-order valence-corrected chi connectivity index (χ0v) is 11.2. The average Bonchev–Trinajstić information content (AvgIpc) is 2.29. The Morgan fingerprint density at radius 2 is 1.89 bits per heavy atom. The van der Waals surface area contributed by atoms with Crippen LogP contribution in [-0.2, 0) is 9.53 Å². The van der Waals surface area contributed by atoms with Crippen molar-refractivity contribution in [1.29, 1.82) is 0 Å². The highest BCUT2D eigenvalue weighted by molar-refractivity contribution is 5.85. The molecule has 0 aliphatic heterocycles. The van der Waals surface area contributed by atoms with Crippen LogP contribution in [0.1, 0.15) is 24.9 Å². The maximum atomic E-state index is 11.9. The Labute approximate surface area is 116 Å². The predicted octanol–water partition coefficient (Wildman–Crippen LogP) is 2.66. The van der Waals surface area contributed by atoms with Gasteiger partial charge < -0.3 is 15.2 Å². The van der Waals surface area contributed by atoms with Crippen molar-refractivity contribution in [1.82, 2.24) is 0 Å². The highest BCUT2D eigenvalue weighted by atomic mass is 35.5. The number of alkyl halides is 2. The molecule has 0 aromatic heterocycles. The van der Waals surface area contributed by atoms with E-state index in [2.05, 4.69) is 4.74 Å². The van der Waals surface area contributed by atoms with Crippen molar-refractivity contribution in [3.63, 3.8) is 0 Å². The minimum absolute atomic E-state index is 0. The van der Waals surface area contributed by atoms with Crippen LogP contribution in [0.2, 0.25) is 0 Å². The van der Waals surface area contributed by atoms with E-state index in [-0.39, 0.29) is 24.6 Å². The van der Waals surface area contributed by atoms with Gasteiger partial charge in [0.05, 0.1) is 13.0 Å². The highest BCUT2D eigenvalue weighted by Gasteiger charge is 2.13. The van der Waals surface area contributed by atoms with E-state index in [1.807, 2.05) is 0 Å². The average molecular weight is 296 g/mol. The van der Waals surface area contributed by atoms with E-state index in [0.29, 0.717) is 12.2 Å². The van der Waals surface area contributed by atoms with Gasteiger partial charge in [-0.3, -0.25) is 4.79 Å². The standard InChI is InChI=1S/C12H15F2NO3.ClH/c1-2-17-11(16)7-10(15)8-3-5-9(6-4-8)18-12(13)14;/h3-6,10,12H,2,7,15H2,1H3;1H/t10-;/m1./s1. The second-order valence-electron chi connectivity index (χ2n) is 3.56. The number of nitrogens with two attached hydrogens (primary N) is 1. The molecule has 0 heterocycles. The van der Waals surface area contributed by atoms with Gasteiger partial charge in [-0.15, -0.1) is 12.4 Å². The van der Waals surface area contributed by atoms with Gasteiger partial charge in [0, 0.05) is 6.04 Å². The SMILES string of the molecule is CCOC(=O)C[C@@H](N)c1ccc(OC(F)F)cc1.Cl. The molecule has 1 rings (SSSR count). The number of halogens is 3. The van der Waals surface area contributed by atoms with Gasteiger partial charge in [-0.05, 0) is 24.6 Å². The Balaban J connectivity index is 0.00000324. The summed E-state index contributed by atoms with van der Waals surface area (Å²) in [6.45, 7) is -0.851. The first-order valence-electron chi connectivity index (χ1n) is 5.49. The van der Waals surface area contributed by atoms with Crippen LogP contribution in [0.25, 0.3) is 0 Å². The largest absolute Gasteiger partial charge is 0.466 e. The molecule has 0 spiro atoms. The van der Waals surface area contributed by atoms with E-state index in [9.17, 15) is 13.6 Å². The van der Waals surface area contributed by atoms with Crippen molar-refractivity contribution >= 4 is 18.4 Å². The molecule has 0 unspecified atom stereocenters. The second-order valence-corrected chi connectivity index (χ2v) is 3.56. The van der Waals surface area contributed by atoms with E-state index in [4.69, 9.17) is 10.5 Å². The predicted molar refractivity (Wildman–Crippen MR) is 68.5 cm³/mol. The van der Waals surface area contributed by atoms with Gasteiger partial charge in [0.25, 0.3) is 0 Å². The number of hydrogen-bond donors (Lipinski definition) is 1. The molecule has 0 aliphatic rings. The van der Waals surface area contributed by atoms with Crippen molar-refractivity contribution < 1.29 is 23.0 Å². The molecule has 108 valence electrons. The van der Waals surface area contributed by atoms with E-state index in [0.717, 1.165) is 0 Å². The van der Waals surface area contributed by atoms with Gasteiger partial charge >= 0.3 is 12.6 Å². The summed E-state index contributed by atoms with van der Waals surface area (Å²) in [4.78, 5) is 11.2. The van der Waals surface area contributed by atoms with Crippen molar-refractivity contribution in [2.45, 2.75) is 26.0 Å².